The van der Waals surface area contributed by atoms with Gasteiger partial charge in [-0.05, 0) is 6.42 Å². The van der Waals surface area contributed by atoms with Crippen molar-refractivity contribution in [2.45, 2.75) is 25.1 Å². The maximum Gasteiger partial charge on any atom is 0.254 e. The van der Waals surface area contributed by atoms with E-state index in [0.717, 1.165) is 18.7 Å². The first-order chi connectivity index (χ1) is 5.77. The summed E-state index contributed by atoms with van der Waals surface area (Å²) in [5, 5.41) is 0.557. The molecule has 4 heteroatoms. The second-order valence-electron chi connectivity index (χ2n) is 2.57. The zero-order valence-electron chi connectivity index (χ0n) is 6.93. The molecule has 0 aromatic carbocycles. The average molecular weight is 231 g/mol. The van der Waals surface area contributed by atoms with Gasteiger partial charge in [0.05, 0.1) is 0 Å². The Kier molecular flexibility index (Phi) is 3.47. The van der Waals surface area contributed by atoms with Crippen LogP contribution in [-0.2, 0) is 11.8 Å². The molecule has 0 unspecified atom stereocenters. The lowest BCUT2D eigenvalue weighted by atomic mass is 10.3. The van der Waals surface area contributed by atoms with Crippen LogP contribution in [0.25, 0.3) is 0 Å². The Hall–Kier alpha value is -0.640. The van der Waals surface area contributed by atoms with E-state index in [1.54, 1.807) is 6.20 Å². The van der Waals surface area contributed by atoms with Crippen molar-refractivity contribution in [3.63, 3.8) is 0 Å². The summed E-state index contributed by atoms with van der Waals surface area (Å²) in [5.74, 6) is 0.771. The van der Waals surface area contributed by atoms with Crippen LogP contribution in [0, 0.1) is 0 Å². The second-order valence-corrected chi connectivity index (χ2v) is 3.13. The predicted molar refractivity (Wildman–Crippen MR) is 51.5 cm³/mol. The normalized spacial score (nSPS) is 10.2. The van der Waals surface area contributed by atoms with Gasteiger partial charge in [0.25, 0.3) is 5.56 Å². The minimum absolute atomic E-state index is 0.0367. The zero-order valence-corrected chi connectivity index (χ0v) is 8.52. The molecule has 0 spiro atoms. The molecule has 0 fully saturated rings. The summed E-state index contributed by atoms with van der Waals surface area (Å²) < 4.78 is 0. The van der Waals surface area contributed by atoms with Crippen LogP contribution in [-0.4, -0.2) is 9.97 Å². The van der Waals surface area contributed by atoms with E-state index in [1.807, 2.05) is 0 Å². The van der Waals surface area contributed by atoms with Gasteiger partial charge in [-0.15, -0.1) is 0 Å². The Labute approximate surface area is 79.4 Å². The van der Waals surface area contributed by atoms with Crippen molar-refractivity contribution in [3.8, 4) is 0 Å². The monoisotopic (exact) mass is 230 g/mol. The smallest absolute Gasteiger partial charge is 0.254 e. The number of hydrogen-bond acceptors (Lipinski definition) is 2. The van der Waals surface area contributed by atoms with Crippen LogP contribution in [0.15, 0.2) is 11.0 Å². The third kappa shape index (κ3) is 2.17. The van der Waals surface area contributed by atoms with Crippen LogP contribution in [0.3, 0.4) is 0 Å². The van der Waals surface area contributed by atoms with Gasteiger partial charge in [0.2, 0.25) is 0 Å². The van der Waals surface area contributed by atoms with Crippen molar-refractivity contribution in [2.24, 2.45) is 0 Å². The van der Waals surface area contributed by atoms with Crippen LogP contribution in [0.1, 0.15) is 24.7 Å². The molecule has 0 aliphatic rings. The van der Waals surface area contributed by atoms with Gasteiger partial charge in [0.1, 0.15) is 5.82 Å². The molecule has 0 radical (unpaired) electrons. The van der Waals surface area contributed by atoms with E-state index in [0.29, 0.717) is 10.9 Å². The van der Waals surface area contributed by atoms with Crippen molar-refractivity contribution >= 4 is 15.9 Å². The molecule has 1 rings (SSSR count). The molecule has 0 aliphatic heterocycles. The minimum Gasteiger partial charge on any atom is -0.310 e. The van der Waals surface area contributed by atoms with Crippen LogP contribution < -0.4 is 5.56 Å². The Morgan fingerprint density at radius 3 is 2.92 bits per heavy atom. The highest BCUT2D eigenvalue weighted by Gasteiger charge is 1.99. The fourth-order valence-corrected chi connectivity index (χ4v) is 1.32. The average Bonchev–Trinajstić information content (AvgIpc) is 2.05. The number of halogens is 1. The van der Waals surface area contributed by atoms with Crippen molar-refractivity contribution < 1.29 is 0 Å². The van der Waals surface area contributed by atoms with Gasteiger partial charge in [0, 0.05) is 23.5 Å². The van der Waals surface area contributed by atoms with E-state index >= 15 is 0 Å². The predicted octanol–water partition coefficient (Wildman–Crippen LogP) is 1.62. The van der Waals surface area contributed by atoms with Gasteiger partial charge >= 0.3 is 0 Å². The van der Waals surface area contributed by atoms with Crippen molar-refractivity contribution in [2.75, 3.05) is 0 Å². The number of nitrogens with one attached hydrogen (secondary N) is 1. The summed E-state index contributed by atoms with van der Waals surface area (Å²) in [6.45, 7) is 2.05. The van der Waals surface area contributed by atoms with E-state index in [4.69, 9.17) is 0 Å². The van der Waals surface area contributed by atoms with Gasteiger partial charge in [-0.2, -0.15) is 0 Å². The Morgan fingerprint density at radius 2 is 2.42 bits per heavy atom. The number of aryl methyl sites for hydroxylation is 1. The quantitative estimate of drug-likeness (QED) is 0.803. The van der Waals surface area contributed by atoms with Crippen molar-refractivity contribution in [1.82, 2.24) is 9.97 Å². The van der Waals surface area contributed by atoms with Crippen molar-refractivity contribution in [1.29, 1.82) is 0 Å². The summed E-state index contributed by atoms with van der Waals surface area (Å²) in [6, 6.07) is 0. The van der Waals surface area contributed by atoms with E-state index in [2.05, 4.69) is 32.8 Å². The summed E-state index contributed by atoms with van der Waals surface area (Å²) in [7, 11) is 0. The largest absolute Gasteiger partial charge is 0.310 e. The van der Waals surface area contributed by atoms with Gasteiger partial charge in [-0.1, -0.05) is 22.9 Å². The molecule has 66 valence electrons. The first-order valence-corrected chi connectivity index (χ1v) is 5.03. The highest BCUT2D eigenvalue weighted by Crippen LogP contribution is 1.97. The van der Waals surface area contributed by atoms with Gasteiger partial charge in [-0.3, -0.25) is 4.79 Å². The standard InChI is InChI=1S/C8H11BrN2O/c1-2-3-7-10-5-6(4-9)8(12)11-7/h5H,2-4H2,1H3,(H,10,11,12). The van der Waals surface area contributed by atoms with Crippen molar-refractivity contribution in [3.05, 3.63) is 27.9 Å². The molecule has 1 aromatic rings. The first-order valence-electron chi connectivity index (χ1n) is 3.91. The number of H-pyrrole nitrogens is 1. The summed E-state index contributed by atoms with van der Waals surface area (Å²) in [4.78, 5) is 18.1. The van der Waals surface area contributed by atoms with Crippen LogP contribution in [0.2, 0.25) is 0 Å². The number of aromatic nitrogens is 2. The lowest BCUT2D eigenvalue weighted by molar-refractivity contribution is 0.819. The molecule has 1 heterocycles. The SMILES string of the molecule is CCCc1ncc(CBr)c(=O)[nH]1. The minimum atomic E-state index is -0.0367. The van der Waals surface area contributed by atoms with E-state index in [-0.39, 0.29) is 5.56 Å². The highest BCUT2D eigenvalue weighted by molar-refractivity contribution is 9.08. The Bertz CT molecular complexity index is 308. The van der Waals surface area contributed by atoms with E-state index < -0.39 is 0 Å². The van der Waals surface area contributed by atoms with Crippen LogP contribution in [0.5, 0.6) is 0 Å². The molecule has 1 aromatic heterocycles. The molecule has 1 N–H and O–H groups in total. The third-order valence-corrected chi connectivity index (χ3v) is 2.16. The van der Waals surface area contributed by atoms with Crippen LogP contribution in [0.4, 0.5) is 0 Å². The fraction of sp³-hybridized carbons (Fsp3) is 0.500. The maximum absolute atomic E-state index is 11.2. The molecule has 0 aliphatic carbocycles. The topological polar surface area (TPSA) is 45.8 Å². The zero-order chi connectivity index (χ0) is 8.97. The van der Waals surface area contributed by atoms with Gasteiger partial charge in [-0.25, -0.2) is 4.98 Å². The Morgan fingerprint density at radius 1 is 1.67 bits per heavy atom. The molecule has 0 amide bonds. The second kappa shape index (κ2) is 4.40. The van der Waals surface area contributed by atoms with E-state index in [1.165, 1.54) is 0 Å². The van der Waals surface area contributed by atoms with Crippen LogP contribution >= 0.6 is 15.9 Å². The first kappa shape index (κ1) is 9.45. The number of aromatic amines is 1. The number of hydrogen-bond donors (Lipinski definition) is 1. The highest BCUT2D eigenvalue weighted by atomic mass is 79.9. The van der Waals surface area contributed by atoms with E-state index in [9.17, 15) is 4.79 Å². The summed E-state index contributed by atoms with van der Waals surface area (Å²) >= 11 is 3.21. The van der Waals surface area contributed by atoms with Gasteiger partial charge in [0.15, 0.2) is 0 Å². The summed E-state index contributed by atoms with van der Waals surface area (Å²) in [6.07, 6.45) is 3.45. The molecule has 0 bridgehead atoms. The molecule has 0 atom stereocenters. The Balaban J connectivity index is 2.94. The number of alkyl halides is 1. The molecule has 0 saturated heterocycles. The van der Waals surface area contributed by atoms with Gasteiger partial charge < -0.3 is 4.98 Å². The summed E-state index contributed by atoms with van der Waals surface area (Å²) in [5.41, 5.74) is 0.639. The molecular formula is C8H11BrN2O. The molecular weight excluding hydrogens is 220 g/mol. The maximum atomic E-state index is 11.2. The third-order valence-electron chi connectivity index (χ3n) is 1.56. The fourth-order valence-electron chi connectivity index (χ4n) is 0.917. The number of nitrogens with zero attached hydrogens (tertiary/aromatic N) is 1. The molecule has 3 nitrogen and oxygen atoms in total. The molecule has 0 saturated carbocycles. The number of rotatable bonds is 3. The lowest BCUT2D eigenvalue weighted by Gasteiger charge is -1.98. The molecule has 12 heavy (non-hydrogen) atoms. The lowest BCUT2D eigenvalue weighted by Crippen LogP contribution is -2.14.